The molecule has 1 saturated heterocycles. The molecule has 26 heavy (non-hydrogen) atoms. The maximum Gasteiger partial charge on any atom is 0.314 e. The first-order valence-corrected chi connectivity index (χ1v) is 10.4. The number of carbonyl (C=O) groups excluding carboxylic acids is 1. The van der Waals surface area contributed by atoms with E-state index in [2.05, 4.69) is 4.90 Å². The van der Waals surface area contributed by atoms with Gasteiger partial charge in [-0.1, -0.05) is 19.3 Å². The van der Waals surface area contributed by atoms with E-state index in [1.165, 1.54) is 6.42 Å². The fourth-order valence-corrected chi connectivity index (χ4v) is 5.04. The second-order valence-electron chi connectivity index (χ2n) is 9.91. The van der Waals surface area contributed by atoms with Crippen LogP contribution in [0.15, 0.2) is 0 Å². The van der Waals surface area contributed by atoms with E-state index in [1.54, 1.807) is 0 Å². The quantitative estimate of drug-likeness (QED) is 0.751. The molecule has 2 aliphatic carbocycles. The van der Waals surface area contributed by atoms with Gasteiger partial charge in [-0.25, -0.2) is 4.90 Å². The lowest BCUT2D eigenvalue weighted by Crippen LogP contribution is -2.64. The van der Waals surface area contributed by atoms with Crippen LogP contribution in [0.4, 0.5) is 0 Å². The highest BCUT2D eigenvalue weighted by atomic mass is 16.6. The first-order chi connectivity index (χ1) is 12.1. The average Bonchev–Trinajstić information content (AvgIpc) is 3.30. The molecule has 2 saturated carbocycles. The van der Waals surface area contributed by atoms with Crippen LogP contribution in [0.25, 0.3) is 0 Å². The zero-order chi connectivity index (χ0) is 19.2. The third kappa shape index (κ3) is 3.95. The van der Waals surface area contributed by atoms with E-state index in [4.69, 9.17) is 9.47 Å². The molecule has 3 fully saturated rings. The highest BCUT2D eigenvalue weighted by Gasteiger charge is 2.62. The third-order valence-electron chi connectivity index (χ3n) is 6.27. The molecule has 0 unspecified atom stereocenters. The van der Waals surface area contributed by atoms with Crippen LogP contribution in [0.3, 0.4) is 0 Å². The topological polar surface area (TPSA) is 59.0 Å². The summed E-state index contributed by atoms with van der Waals surface area (Å²) in [6, 6.07) is 0. The van der Waals surface area contributed by atoms with Crippen molar-refractivity contribution in [2.24, 2.45) is 17.8 Å². The minimum atomic E-state index is -1.18. The summed E-state index contributed by atoms with van der Waals surface area (Å²) in [5.74, 6) is -0.430. The van der Waals surface area contributed by atoms with Crippen LogP contribution in [-0.4, -0.2) is 46.2 Å². The van der Waals surface area contributed by atoms with Gasteiger partial charge in [-0.2, -0.15) is 0 Å². The van der Waals surface area contributed by atoms with Crippen molar-refractivity contribution in [3.63, 3.8) is 0 Å². The van der Waals surface area contributed by atoms with Crippen LogP contribution in [-0.2, 0) is 14.3 Å². The van der Waals surface area contributed by atoms with E-state index in [9.17, 15) is 9.90 Å². The maximum atomic E-state index is 13.4. The van der Waals surface area contributed by atoms with Gasteiger partial charge < -0.3 is 14.6 Å². The van der Waals surface area contributed by atoms with Crippen LogP contribution in [0.5, 0.6) is 0 Å². The Labute approximate surface area is 158 Å². The van der Waals surface area contributed by atoms with Gasteiger partial charge in [-0.15, -0.1) is 0 Å². The lowest BCUT2D eigenvalue weighted by atomic mass is 9.72. The summed E-state index contributed by atoms with van der Waals surface area (Å²) in [5.41, 5.74) is -2.29. The molecule has 3 rings (SSSR count). The van der Waals surface area contributed by atoms with Crippen molar-refractivity contribution < 1.29 is 19.4 Å². The summed E-state index contributed by atoms with van der Waals surface area (Å²) in [4.78, 5) is 15.4. The Kier molecular flexibility index (Phi) is 5.46. The molecule has 2 atom stereocenters. The number of esters is 1. The highest BCUT2D eigenvalue weighted by molar-refractivity contribution is 5.75. The first kappa shape index (κ1) is 20.1. The lowest BCUT2D eigenvalue weighted by Gasteiger charge is -2.50. The van der Waals surface area contributed by atoms with Crippen molar-refractivity contribution >= 4 is 5.97 Å². The Morgan fingerprint density at radius 2 is 1.77 bits per heavy atom. The highest BCUT2D eigenvalue weighted by Crippen LogP contribution is 2.53. The van der Waals surface area contributed by atoms with Crippen molar-refractivity contribution in [1.82, 2.24) is 4.90 Å². The number of nitrogens with zero attached hydrogens (tertiary/aromatic N) is 1. The molecular weight excluding hydrogens is 330 g/mol. The molecule has 1 heterocycles. The van der Waals surface area contributed by atoms with E-state index >= 15 is 0 Å². The smallest absolute Gasteiger partial charge is 0.314 e. The molecule has 0 spiro atoms. The van der Waals surface area contributed by atoms with E-state index in [-0.39, 0.29) is 17.8 Å². The van der Waals surface area contributed by atoms with Gasteiger partial charge in [0, 0.05) is 12.5 Å². The zero-order valence-corrected chi connectivity index (χ0v) is 17.2. The minimum absolute atomic E-state index is 0.128. The lowest BCUT2D eigenvalue weighted by molar-refractivity contribution is -0.241. The molecule has 0 aromatic heterocycles. The molecule has 0 bridgehead atoms. The van der Waals surface area contributed by atoms with Gasteiger partial charge in [0.25, 0.3) is 0 Å². The number of aliphatic hydroxyl groups is 1. The Morgan fingerprint density at radius 3 is 2.23 bits per heavy atom. The van der Waals surface area contributed by atoms with E-state index in [0.29, 0.717) is 13.2 Å². The molecule has 150 valence electrons. The predicted molar refractivity (Wildman–Crippen MR) is 100 cm³/mol. The molecule has 0 aromatic carbocycles. The van der Waals surface area contributed by atoms with Gasteiger partial charge in [-0.3, -0.25) is 4.79 Å². The predicted octanol–water partition coefficient (Wildman–Crippen LogP) is 3.69. The van der Waals surface area contributed by atoms with Crippen molar-refractivity contribution in [2.75, 3.05) is 13.2 Å². The fraction of sp³-hybridized carbons (Fsp3) is 0.952. The number of rotatable bonds is 5. The van der Waals surface area contributed by atoms with Gasteiger partial charge in [0.2, 0.25) is 0 Å². The number of hydrogen-bond acceptors (Lipinski definition) is 5. The second kappa shape index (κ2) is 7.06. The van der Waals surface area contributed by atoms with Crippen molar-refractivity contribution in [3.8, 4) is 0 Å². The second-order valence-corrected chi connectivity index (χ2v) is 9.91. The Balaban J connectivity index is 1.97. The van der Waals surface area contributed by atoms with Crippen LogP contribution in [0.2, 0.25) is 0 Å². The van der Waals surface area contributed by atoms with E-state index in [0.717, 1.165) is 38.5 Å². The molecule has 0 amide bonds. The van der Waals surface area contributed by atoms with Crippen LogP contribution < -0.4 is 0 Å². The van der Waals surface area contributed by atoms with Gasteiger partial charge in [-0.05, 0) is 66.2 Å². The van der Waals surface area contributed by atoms with E-state index < -0.39 is 23.0 Å². The molecular formula is C21H37NO4. The summed E-state index contributed by atoms with van der Waals surface area (Å²) >= 11 is 0. The molecule has 5 heteroatoms. The Bertz CT molecular complexity index is 517. The molecule has 3 aliphatic rings. The maximum absolute atomic E-state index is 13.4. The summed E-state index contributed by atoms with van der Waals surface area (Å²) in [5, 5.41) is 12.1. The zero-order valence-electron chi connectivity index (χ0n) is 17.2. The first-order valence-electron chi connectivity index (χ1n) is 10.4. The number of hydrogen-bond donors (Lipinski definition) is 1. The number of carbonyl (C=O) groups is 1. The minimum Gasteiger partial charge on any atom is -0.460 e. The summed E-state index contributed by atoms with van der Waals surface area (Å²) in [7, 11) is 0. The number of ether oxygens (including phenoxy) is 2. The SMILES string of the molecule is CC(C)(C)OC(=O)[C@@H](C1CCCCC1)[C@](O)(C1CC1)N1CCOC1(C)C. The van der Waals surface area contributed by atoms with Gasteiger partial charge in [0.1, 0.15) is 23.0 Å². The van der Waals surface area contributed by atoms with Crippen molar-refractivity contribution in [1.29, 1.82) is 0 Å². The third-order valence-corrected chi connectivity index (χ3v) is 6.27. The summed E-state index contributed by atoms with van der Waals surface area (Å²) < 4.78 is 11.7. The monoisotopic (exact) mass is 367 g/mol. The van der Waals surface area contributed by atoms with Gasteiger partial charge in [0.15, 0.2) is 0 Å². The normalized spacial score (nSPS) is 28.5. The summed E-state index contributed by atoms with van der Waals surface area (Å²) in [6.07, 6.45) is 7.40. The molecule has 1 aliphatic heterocycles. The van der Waals surface area contributed by atoms with Gasteiger partial charge >= 0.3 is 5.97 Å². The standard InChI is InChI=1S/C21H37NO4/c1-19(2,3)26-18(23)17(15-9-7-6-8-10-15)21(24,16-11-12-16)22-13-14-25-20(22,4)5/h15-17,24H,6-14H2,1-5H3/t17-,21-/m1/s1. The van der Waals surface area contributed by atoms with Gasteiger partial charge in [0.05, 0.1) is 6.61 Å². The Morgan fingerprint density at radius 1 is 1.15 bits per heavy atom. The average molecular weight is 368 g/mol. The molecule has 5 nitrogen and oxygen atoms in total. The van der Waals surface area contributed by atoms with Crippen LogP contribution in [0.1, 0.15) is 79.6 Å². The fourth-order valence-electron chi connectivity index (χ4n) is 5.04. The van der Waals surface area contributed by atoms with Crippen LogP contribution in [0, 0.1) is 17.8 Å². The van der Waals surface area contributed by atoms with E-state index in [1.807, 2.05) is 34.6 Å². The summed E-state index contributed by atoms with van der Waals surface area (Å²) in [6.45, 7) is 11.0. The Hall–Kier alpha value is -0.650. The van der Waals surface area contributed by atoms with Crippen LogP contribution >= 0.6 is 0 Å². The van der Waals surface area contributed by atoms with Crippen molar-refractivity contribution in [3.05, 3.63) is 0 Å². The molecule has 0 aromatic rings. The molecule has 0 radical (unpaired) electrons. The van der Waals surface area contributed by atoms with Crippen molar-refractivity contribution in [2.45, 2.75) is 96.6 Å². The largest absolute Gasteiger partial charge is 0.460 e. The molecule has 1 N–H and O–H groups in total.